The Bertz CT molecular complexity index is 8.00. The summed E-state index contributed by atoms with van der Waals surface area (Å²) in [6.45, 7) is 0. The van der Waals surface area contributed by atoms with Gasteiger partial charge < -0.3 is 5.11 Å². The second-order valence-electron chi connectivity index (χ2n) is 0. The van der Waals surface area contributed by atoms with Crippen LogP contribution in [0.15, 0.2) is 0 Å². The van der Waals surface area contributed by atoms with Gasteiger partial charge in [-0.25, -0.2) is 0 Å². The minimum atomic E-state index is 0. The van der Waals surface area contributed by atoms with Gasteiger partial charge in [0.15, 0.2) is 0 Å². The van der Waals surface area contributed by atoms with Gasteiger partial charge in [0.25, 0.3) is 0 Å². The van der Waals surface area contributed by atoms with Crippen LogP contribution in [0.4, 0.5) is 0 Å². The Kier molecular flexibility index (Phi) is 97.6. The summed E-state index contributed by atoms with van der Waals surface area (Å²) in [5, 5.41) is 7.00. The Labute approximate surface area is 63.2 Å². The van der Waals surface area contributed by atoms with Crippen LogP contribution < -0.4 is 0 Å². The molecule has 0 spiro atoms. The van der Waals surface area contributed by atoms with Crippen LogP contribution in [0.5, 0.6) is 0 Å². The second kappa shape index (κ2) is 22.5. The molecular formula is CH4OPdU. The maximum Gasteiger partial charge on any atom is 0.0319 e. The van der Waals surface area contributed by atoms with Gasteiger partial charge in [0, 0.05) is 58.6 Å². The first kappa shape index (κ1) is 17.3. The first-order chi connectivity index (χ1) is 1.00. The Balaban J connectivity index is -0.00000000500. The van der Waals surface area contributed by atoms with Crippen molar-refractivity contribution < 1.29 is 56.6 Å². The topological polar surface area (TPSA) is 20.2 Å². The molecule has 0 aliphatic carbocycles. The summed E-state index contributed by atoms with van der Waals surface area (Å²) in [5.74, 6) is 0. The Hall–Kier alpha value is 1.67. The van der Waals surface area contributed by atoms with E-state index < -0.39 is 0 Å². The van der Waals surface area contributed by atoms with Crippen LogP contribution in [0, 0.1) is 31.1 Å². The maximum absolute atomic E-state index is 7.00. The third kappa shape index (κ3) is 9.37. The molecule has 0 fully saturated rings. The average Bonchev–Trinajstić information content (AvgIpc) is 1.00. The summed E-state index contributed by atoms with van der Waals surface area (Å²) in [5.41, 5.74) is 0. The van der Waals surface area contributed by atoms with Crippen LogP contribution in [0.25, 0.3) is 0 Å². The number of hydrogen-bond acceptors (Lipinski definition) is 1. The molecular weight excluding hydrogens is 372 g/mol. The van der Waals surface area contributed by atoms with Crippen LogP contribution in [0.1, 0.15) is 0 Å². The summed E-state index contributed by atoms with van der Waals surface area (Å²) >= 11 is 0. The first-order valence-electron chi connectivity index (χ1n) is 0.447. The van der Waals surface area contributed by atoms with Crippen molar-refractivity contribution in [3.05, 3.63) is 0 Å². The van der Waals surface area contributed by atoms with Gasteiger partial charge in [-0.2, -0.15) is 0 Å². The largest absolute Gasteiger partial charge is 0.400 e. The molecule has 0 aliphatic rings. The molecule has 0 atom stereocenters. The molecule has 0 saturated heterocycles. The number of hydrogen-bond donors (Lipinski definition) is 1. The Morgan fingerprint density at radius 1 is 1.25 bits per heavy atom. The summed E-state index contributed by atoms with van der Waals surface area (Å²) < 4.78 is 0. The van der Waals surface area contributed by atoms with E-state index in [1.54, 1.807) is 0 Å². The fourth-order valence-electron chi connectivity index (χ4n) is 0. The van der Waals surface area contributed by atoms with E-state index in [-0.39, 0.29) is 51.5 Å². The van der Waals surface area contributed by atoms with Gasteiger partial charge in [0.1, 0.15) is 0 Å². The van der Waals surface area contributed by atoms with Gasteiger partial charge in [-0.3, -0.25) is 0 Å². The van der Waals surface area contributed by atoms with E-state index in [0.29, 0.717) is 0 Å². The van der Waals surface area contributed by atoms with Crippen molar-refractivity contribution >= 4 is 0 Å². The fourth-order valence-corrected chi connectivity index (χ4v) is 0. The van der Waals surface area contributed by atoms with Gasteiger partial charge in [-0.15, -0.1) is 0 Å². The van der Waals surface area contributed by atoms with Crippen LogP contribution in [0.2, 0.25) is 0 Å². The van der Waals surface area contributed by atoms with Gasteiger partial charge in [0.05, 0.1) is 0 Å². The minimum absolute atomic E-state index is 0. The van der Waals surface area contributed by atoms with E-state index in [4.69, 9.17) is 5.11 Å². The monoisotopic (exact) mass is 376 g/mol. The summed E-state index contributed by atoms with van der Waals surface area (Å²) in [7, 11) is 1.00. The van der Waals surface area contributed by atoms with E-state index in [1.807, 2.05) is 0 Å². The molecule has 0 amide bonds. The van der Waals surface area contributed by atoms with E-state index >= 15 is 0 Å². The molecule has 0 aromatic rings. The molecule has 28 valence electrons. The SMILES string of the molecule is CO.[Pd].[U]. The smallest absolute Gasteiger partial charge is 0.0319 e. The summed E-state index contributed by atoms with van der Waals surface area (Å²) in [6, 6.07) is 0. The molecule has 0 aromatic carbocycles. The molecule has 0 rings (SSSR count). The van der Waals surface area contributed by atoms with E-state index in [9.17, 15) is 0 Å². The Morgan fingerprint density at radius 3 is 1.25 bits per heavy atom. The number of aliphatic hydroxyl groups excluding tert-OH is 1. The fraction of sp³-hybridized carbons (Fsp3) is 1.00. The van der Waals surface area contributed by atoms with Crippen molar-refractivity contribution in [1.29, 1.82) is 0 Å². The number of aliphatic hydroxyl groups is 1. The zero-order valence-corrected chi connectivity index (χ0v) is 7.98. The van der Waals surface area contributed by atoms with Gasteiger partial charge in [-0.1, -0.05) is 0 Å². The van der Waals surface area contributed by atoms with Gasteiger partial charge in [0.2, 0.25) is 0 Å². The van der Waals surface area contributed by atoms with Crippen LogP contribution >= 0.6 is 0 Å². The zero-order valence-electron chi connectivity index (χ0n) is 2.26. The van der Waals surface area contributed by atoms with Crippen molar-refractivity contribution in [2.24, 2.45) is 0 Å². The molecule has 0 aliphatic heterocycles. The standard InChI is InChI=1S/CH4O.Pd.U/c1-2;;/h2H,1H3;;. The number of rotatable bonds is 0. The summed E-state index contributed by atoms with van der Waals surface area (Å²) in [4.78, 5) is 0. The van der Waals surface area contributed by atoms with Crippen molar-refractivity contribution in [3.63, 3.8) is 0 Å². The molecule has 4 heavy (non-hydrogen) atoms. The molecule has 0 radical (unpaired) electrons. The van der Waals surface area contributed by atoms with Crippen molar-refractivity contribution in [3.8, 4) is 0 Å². The maximum atomic E-state index is 7.00. The van der Waals surface area contributed by atoms with Crippen molar-refractivity contribution in [2.75, 3.05) is 7.11 Å². The second-order valence-corrected chi connectivity index (χ2v) is 0. The predicted molar refractivity (Wildman–Crippen MR) is 8.14 cm³/mol. The average molecular weight is 376 g/mol. The quantitative estimate of drug-likeness (QED) is 0.571. The van der Waals surface area contributed by atoms with E-state index in [1.165, 1.54) is 0 Å². The first-order valence-corrected chi connectivity index (χ1v) is 0.447. The summed E-state index contributed by atoms with van der Waals surface area (Å²) in [6.07, 6.45) is 0. The molecule has 0 heterocycles. The third-order valence-electron chi connectivity index (χ3n) is 0. The van der Waals surface area contributed by atoms with Crippen LogP contribution in [-0.2, 0) is 20.4 Å². The predicted octanol–water partition coefficient (Wildman–Crippen LogP) is -0.394. The minimum Gasteiger partial charge on any atom is -0.400 e. The third-order valence-corrected chi connectivity index (χ3v) is 0. The molecule has 0 unspecified atom stereocenters. The molecule has 1 nitrogen and oxygen atoms in total. The van der Waals surface area contributed by atoms with Crippen molar-refractivity contribution in [2.45, 2.75) is 0 Å². The van der Waals surface area contributed by atoms with Gasteiger partial charge in [-0.05, 0) is 0 Å². The van der Waals surface area contributed by atoms with Gasteiger partial charge >= 0.3 is 0 Å². The van der Waals surface area contributed by atoms with E-state index in [0.717, 1.165) is 7.11 Å². The normalized spacial score (nSPS) is 1.50. The Morgan fingerprint density at radius 2 is 1.25 bits per heavy atom. The molecule has 1 N–H and O–H groups in total. The zero-order chi connectivity index (χ0) is 2.00. The van der Waals surface area contributed by atoms with Crippen LogP contribution in [0.3, 0.4) is 0 Å². The van der Waals surface area contributed by atoms with E-state index in [2.05, 4.69) is 0 Å². The van der Waals surface area contributed by atoms with Crippen molar-refractivity contribution in [1.82, 2.24) is 0 Å². The molecule has 0 bridgehead atoms. The van der Waals surface area contributed by atoms with Crippen LogP contribution in [-0.4, -0.2) is 12.2 Å². The molecule has 3 heteroatoms. The molecule has 0 aromatic heterocycles. The molecule has 0 saturated carbocycles.